The van der Waals surface area contributed by atoms with Crippen LogP contribution < -0.4 is 16.2 Å². The maximum atomic E-state index is 11.8. The molecular formula is C10H15BrN4O3. The highest BCUT2D eigenvalue weighted by molar-refractivity contribution is 9.10. The third kappa shape index (κ3) is 2.72. The zero-order valence-corrected chi connectivity index (χ0v) is 11.3. The Bertz CT molecular complexity index is 487. The minimum absolute atomic E-state index is 0.141. The molecule has 2 rings (SSSR count). The van der Waals surface area contributed by atoms with Gasteiger partial charge < -0.3 is 20.8 Å². The molecule has 0 saturated carbocycles. The molecule has 1 saturated heterocycles. The molecule has 1 aromatic heterocycles. The van der Waals surface area contributed by atoms with E-state index >= 15 is 0 Å². The summed E-state index contributed by atoms with van der Waals surface area (Å²) in [5, 5.41) is 28.6. The molecule has 0 unspecified atom stereocenters. The van der Waals surface area contributed by atoms with Crippen LogP contribution in [0.3, 0.4) is 0 Å². The summed E-state index contributed by atoms with van der Waals surface area (Å²) in [6.07, 6.45) is 1.50. The first-order valence-corrected chi connectivity index (χ1v) is 6.38. The Morgan fingerprint density at radius 3 is 2.89 bits per heavy atom. The smallest absolute Gasteiger partial charge is 0.283 e. The number of β-amino-alcohol motifs (C(OH)–C–C–N with tert-alkyl or cyclic N) is 1. The van der Waals surface area contributed by atoms with Gasteiger partial charge in [-0.05, 0) is 15.9 Å². The lowest BCUT2D eigenvalue weighted by Crippen LogP contribution is -2.63. The molecule has 1 aromatic rings. The van der Waals surface area contributed by atoms with Crippen LogP contribution in [-0.4, -0.2) is 51.8 Å². The van der Waals surface area contributed by atoms with E-state index < -0.39 is 5.60 Å². The van der Waals surface area contributed by atoms with E-state index in [1.54, 1.807) is 0 Å². The van der Waals surface area contributed by atoms with Crippen LogP contribution in [-0.2, 0) is 6.54 Å². The number of nitrogens with zero attached hydrogens (tertiary/aromatic N) is 2. The van der Waals surface area contributed by atoms with E-state index in [9.17, 15) is 9.90 Å². The largest absolute Gasteiger partial charge is 0.394 e. The molecule has 8 heteroatoms. The predicted molar refractivity (Wildman–Crippen MR) is 69.6 cm³/mol. The summed E-state index contributed by atoms with van der Waals surface area (Å²) < 4.78 is 1.52. The molecule has 0 aromatic carbocycles. The van der Waals surface area contributed by atoms with Crippen molar-refractivity contribution >= 4 is 21.6 Å². The Hall–Kier alpha value is -0.960. The summed E-state index contributed by atoms with van der Waals surface area (Å²) in [5.74, 6) is 0. The van der Waals surface area contributed by atoms with Crippen LogP contribution in [0.5, 0.6) is 0 Å². The van der Waals surface area contributed by atoms with E-state index in [1.807, 2.05) is 0 Å². The van der Waals surface area contributed by atoms with Gasteiger partial charge >= 0.3 is 0 Å². The van der Waals surface area contributed by atoms with E-state index in [-0.39, 0.29) is 18.7 Å². The lowest BCUT2D eigenvalue weighted by atomic mass is 9.97. The van der Waals surface area contributed by atoms with Gasteiger partial charge in [-0.2, -0.15) is 5.10 Å². The molecule has 1 fully saturated rings. The number of aromatic nitrogens is 2. The van der Waals surface area contributed by atoms with Crippen LogP contribution in [0.4, 0.5) is 5.69 Å². The van der Waals surface area contributed by atoms with Gasteiger partial charge in [0.2, 0.25) is 0 Å². The van der Waals surface area contributed by atoms with Gasteiger partial charge in [-0.1, -0.05) is 0 Å². The fourth-order valence-electron chi connectivity index (χ4n) is 1.64. The Balaban J connectivity index is 2.09. The number of rotatable bonds is 5. The second-order valence-corrected chi connectivity index (χ2v) is 5.10. The van der Waals surface area contributed by atoms with Crippen molar-refractivity contribution in [3.8, 4) is 0 Å². The Morgan fingerprint density at radius 1 is 1.61 bits per heavy atom. The molecule has 0 aliphatic carbocycles. The van der Waals surface area contributed by atoms with Crippen LogP contribution in [0.25, 0.3) is 0 Å². The van der Waals surface area contributed by atoms with Crippen LogP contribution in [0.15, 0.2) is 15.5 Å². The fourth-order valence-corrected chi connectivity index (χ4v) is 2.09. The molecule has 0 bridgehead atoms. The quantitative estimate of drug-likeness (QED) is 0.541. The Labute approximate surface area is 112 Å². The molecule has 2 heterocycles. The highest BCUT2D eigenvalue weighted by atomic mass is 79.9. The van der Waals surface area contributed by atoms with Gasteiger partial charge in [-0.3, -0.25) is 4.79 Å². The highest BCUT2D eigenvalue weighted by Crippen LogP contribution is 2.18. The van der Waals surface area contributed by atoms with Crippen LogP contribution >= 0.6 is 15.9 Å². The van der Waals surface area contributed by atoms with Gasteiger partial charge in [-0.15, -0.1) is 0 Å². The molecular weight excluding hydrogens is 304 g/mol. The summed E-state index contributed by atoms with van der Waals surface area (Å²) in [5.41, 5.74) is -0.540. The Morgan fingerprint density at radius 2 is 2.33 bits per heavy atom. The predicted octanol–water partition coefficient (Wildman–Crippen LogP) is -1.26. The van der Waals surface area contributed by atoms with Crippen LogP contribution in [0.2, 0.25) is 0 Å². The minimum atomic E-state index is -0.764. The highest BCUT2D eigenvalue weighted by Gasteiger charge is 2.34. The van der Waals surface area contributed by atoms with Gasteiger partial charge in [0.1, 0.15) is 10.1 Å². The first-order valence-electron chi connectivity index (χ1n) is 5.59. The second kappa shape index (κ2) is 5.35. The van der Waals surface area contributed by atoms with Gasteiger partial charge in [0.15, 0.2) is 0 Å². The van der Waals surface area contributed by atoms with Crippen molar-refractivity contribution in [3.05, 3.63) is 21.0 Å². The van der Waals surface area contributed by atoms with E-state index in [1.165, 1.54) is 10.9 Å². The molecule has 0 spiro atoms. The number of aliphatic hydroxyl groups excluding tert-OH is 1. The first-order chi connectivity index (χ1) is 8.56. The lowest BCUT2D eigenvalue weighted by molar-refractivity contribution is 0.00311. The maximum absolute atomic E-state index is 11.8. The summed E-state index contributed by atoms with van der Waals surface area (Å²) >= 11 is 3.19. The van der Waals surface area contributed by atoms with Crippen LogP contribution in [0.1, 0.15) is 0 Å². The maximum Gasteiger partial charge on any atom is 0.283 e. The first kappa shape index (κ1) is 13.5. The van der Waals surface area contributed by atoms with Gasteiger partial charge in [-0.25, -0.2) is 4.68 Å². The third-order valence-electron chi connectivity index (χ3n) is 2.81. The van der Waals surface area contributed by atoms with E-state index in [2.05, 4.69) is 31.7 Å². The lowest BCUT2D eigenvalue weighted by Gasteiger charge is -2.37. The molecule has 1 aliphatic rings. The average molecular weight is 319 g/mol. The van der Waals surface area contributed by atoms with Crippen molar-refractivity contribution in [2.75, 3.05) is 31.6 Å². The number of anilines is 1. The normalized spacial score (nSPS) is 17.3. The van der Waals surface area contributed by atoms with E-state index in [0.717, 1.165) is 0 Å². The third-order valence-corrected chi connectivity index (χ3v) is 3.58. The van der Waals surface area contributed by atoms with Crippen molar-refractivity contribution in [2.45, 2.75) is 12.1 Å². The molecule has 4 N–H and O–H groups in total. The number of nitrogens with one attached hydrogen (secondary N) is 2. The summed E-state index contributed by atoms with van der Waals surface area (Å²) in [6, 6.07) is 0. The van der Waals surface area contributed by atoms with Gasteiger partial charge in [0.05, 0.1) is 25.0 Å². The number of halogens is 1. The average Bonchev–Trinajstić information content (AvgIpc) is 2.32. The zero-order chi connectivity index (χ0) is 13.2. The zero-order valence-electron chi connectivity index (χ0n) is 9.69. The molecule has 18 heavy (non-hydrogen) atoms. The van der Waals surface area contributed by atoms with Crippen molar-refractivity contribution in [3.63, 3.8) is 0 Å². The van der Waals surface area contributed by atoms with Crippen molar-refractivity contribution in [1.82, 2.24) is 15.1 Å². The number of hydrogen-bond acceptors (Lipinski definition) is 6. The second-order valence-electron chi connectivity index (χ2n) is 4.31. The summed E-state index contributed by atoms with van der Waals surface area (Å²) in [4.78, 5) is 11.8. The summed E-state index contributed by atoms with van der Waals surface area (Å²) in [6.45, 7) is 1.44. The topological polar surface area (TPSA) is 99.4 Å². The van der Waals surface area contributed by atoms with Gasteiger partial charge in [0, 0.05) is 19.6 Å². The van der Waals surface area contributed by atoms with Crippen molar-refractivity contribution < 1.29 is 10.2 Å². The molecule has 100 valence electrons. The monoisotopic (exact) mass is 318 g/mol. The number of aliphatic hydroxyl groups is 2. The molecule has 0 atom stereocenters. The van der Waals surface area contributed by atoms with E-state index in [0.29, 0.717) is 29.8 Å². The number of hydrogen-bond donors (Lipinski definition) is 4. The standard InChI is InChI=1S/C10H15BrN4O3/c11-8-7(13-6-10(18)4-12-5-10)3-14-15(1-2-16)9(8)17/h3,12-13,16,18H,1-2,4-6H2. The van der Waals surface area contributed by atoms with Gasteiger partial charge in [0.25, 0.3) is 5.56 Å². The van der Waals surface area contributed by atoms with E-state index in [4.69, 9.17) is 5.11 Å². The molecule has 0 amide bonds. The van der Waals surface area contributed by atoms with Crippen LogP contribution in [0, 0.1) is 0 Å². The Kier molecular flexibility index (Phi) is 4.00. The summed E-state index contributed by atoms with van der Waals surface area (Å²) in [7, 11) is 0. The minimum Gasteiger partial charge on any atom is -0.394 e. The SMILES string of the molecule is O=c1c(Br)c(NCC2(O)CNC2)cnn1CCO. The van der Waals surface area contributed by atoms with Crippen molar-refractivity contribution in [2.24, 2.45) is 0 Å². The van der Waals surface area contributed by atoms with Crippen molar-refractivity contribution in [1.29, 1.82) is 0 Å². The fraction of sp³-hybridized carbons (Fsp3) is 0.600. The molecule has 1 aliphatic heterocycles. The molecule has 7 nitrogen and oxygen atoms in total. The molecule has 0 radical (unpaired) electrons.